The molecule has 3 rings (SSSR count). The standard InChI is InChI=1S/C20H22FN3O3/c21-16-6-8-17(9-7-16)23-10-12-24(13-11-23)19(25)14-18(27-20(22)26)15-4-2-1-3-5-15/h1-9,18H,10-14H2,(H2,22,26). The number of halogens is 1. The average molecular weight is 371 g/mol. The second-order valence-corrected chi connectivity index (χ2v) is 6.38. The van der Waals surface area contributed by atoms with E-state index >= 15 is 0 Å². The molecule has 1 unspecified atom stereocenters. The molecule has 1 aliphatic rings. The number of hydrogen-bond acceptors (Lipinski definition) is 4. The Bertz CT molecular complexity index is 775. The molecule has 2 N–H and O–H groups in total. The third-order valence-electron chi connectivity index (χ3n) is 4.61. The monoisotopic (exact) mass is 371 g/mol. The van der Waals surface area contributed by atoms with Crippen LogP contribution < -0.4 is 10.6 Å². The van der Waals surface area contributed by atoms with E-state index in [0.717, 1.165) is 11.3 Å². The fourth-order valence-electron chi connectivity index (χ4n) is 3.19. The van der Waals surface area contributed by atoms with Crippen LogP contribution in [0.3, 0.4) is 0 Å². The number of carbonyl (C=O) groups excluding carboxylic acids is 2. The first-order chi connectivity index (χ1) is 13.0. The van der Waals surface area contributed by atoms with Gasteiger partial charge in [-0.3, -0.25) is 4.79 Å². The lowest BCUT2D eigenvalue weighted by Gasteiger charge is -2.36. The zero-order valence-corrected chi connectivity index (χ0v) is 14.9. The van der Waals surface area contributed by atoms with Crippen molar-refractivity contribution < 1.29 is 18.7 Å². The molecule has 1 aliphatic heterocycles. The summed E-state index contributed by atoms with van der Waals surface area (Å²) in [5, 5.41) is 0. The first kappa shape index (κ1) is 18.7. The maximum absolute atomic E-state index is 13.1. The van der Waals surface area contributed by atoms with Gasteiger partial charge in [0.15, 0.2) is 0 Å². The maximum atomic E-state index is 13.1. The van der Waals surface area contributed by atoms with Gasteiger partial charge in [0.25, 0.3) is 0 Å². The highest BCUT2D eigenvalue weighted by atomic mass is 19.1. The first-order valence-electron chi connectivity index (χ1n) is 8.82. The number of benzene rings is 2. The number of amides is 2. The van der Waals surface area contributed by atoms with Crippen LogP contribution in [0.2, 0.25) is 0 Å². The molecule has 7 heteroatoms. The lowest BCUT2D eigenvalue weighted by Crippen LogP contribution is -2.49. The summed E-state index contributed by atoms with van der Waals surface area (Å²) < 4.78 is 18.2. The average Bonchev–Trinajstić information content (AvgIpc) is 2.68. The minimum absolute atomic E-state index is 0.0451. The number of ether oxygens (including phenoxy) is 1. The molecular weight excluding hydrogens is 349 g/mol. The molecule has 1 atom stereocenters. The van der Waals surface area contributed by atoms with Gasteiger partial charge in [0.05, 0.1) is 6.42 Å². The Morgan fingerprint density at radius 2 is 1.63 bits per heavy atom. The van der Waals surface area contributed by atoms with E-state index in [1.165, 1.54) is 12.1 Å². The summed E-state index contributed by atoms with van der Waals surface area (Å²) in [4.78, 5) is 27.7. The Kier molecular flexibility index (Phi) is 5.90. The molecule has 27 heavy (non-hydrogen) atoms. The molecule has 1 fully saturated rings. The third kappa shape index (κ3) is 4.97. The second kappa shape index (κ2) is 8.53. The van der Waals surface area contributed by atoms with Crippen molar-refractivity contribution in [3.8, 4) is 0 Å². The van der Waals surface area contributed by atoms with Gasteiger partial charge < -0.3 is 20.3 Å². The van der Waals surface area contributed by atoms with Crippen LogP contribution in [-0.2, 0) is 9.53 Å². The van der Waals surface area contributed by atoms with Gasteiger partial charge in [-0.15, -0.1) is 0 Å². The van der Waals surface area contributed by atoms with E-state index in [1.807, 2.05) is 18.2 Å². The highest BCUT2D eigenvalue weighted by molar-refractivity contribution is 5.78. The largest absolute Gasteiger partial charge is 0.441 e. The summed E-state index contributed by atoms with van der Waals surface area (Å²) in [7, 11) is 0. The zero-order valence-electron chi connectivity index (χ0n) is 14.9. The minimum atomic E-state index is -0.905. The molecule has 2 aromatic rings. The number of anilines is 1. The van der Waals surface area contributed by atoms with Gasteiger partial charge in [-0.1, -0.05) is 30.3 Å². The van der Waals surface area contributed by atoms with E-state index in [1.54, 1.807) is 29.2 Å². The highest BCUT2D eigenvalue weighted by Crippen LogP contribution is 2.23. The van der Waals surface area contributed by atoms with Gasteiger partial charge in [-0.2, -0.15) is 0 Å². The Balaban J connectivity index is 1.59. The van der Waals surface area contributed by atoms with Crippen molar-refractivity contribution in [3.63, 3.8) is 0 Å². The van der Waals surface area contributed by atoms with E-state index in [4.69, 9.17) is 10.5 Å². The second-order valence-electron chi connectivity index (χ2n) is 6.38. The Labute approximate surface area is 157 Å². The lowest BCUT2D eigenvalue weighted by atomic mass is 10.1. The fourth-order valence-corrected chi connectivity index (χ4v) is 3.19. The quantitative estimate of drug-likeness (QED) is 0.877. The van der Waals surface area contributed by atoms with Gasteiger partial charge in [0.1, 0.15) is 11.9 Å². The summed E-state index contributed by atoms with van der Waals surface area (Å²) in [5.41, 5.74) is 6.82. The van der Waals surface area contributed by atoms with E-state index in [2.05, 4.69) is 4.90 Å². The molecule has 1 heterocycles. The molecule has 142 valence electrons. The maximum Gasteiger partial charge on any atom is 0.405 e. The first-order valence-corrected chi connectivity index (χ1v) is 8.82. The van der Waals surface area contributed by atoms with Gasteiger partial charge in [-0.05, 0) is 29.8 Å². The molecule has 0 bridgehead atoms. The molecule has 0 spiro atoms. The van der Waals surface area contributed by atoms with Crippen LogP contribution in [-0.4, -0.2) is 43.1 Å². The lowest BCUT2D eigenvalue weighted by molar-refractivity contribution is -0.133. The number of primary amides is 1. The SMILES string of the molecule is NC(=O)OC(CC(=O)N1CCN(c2ccc(F)cc2)CC1)c1ccccc1. The van der Waals surface area contributed by atoms with Crippen molar-refractivity contribution in [2.24, 2.45) is 5.73 Å². The van der Waals surface area contributed by atoms with Crippen LogP contribution in [0.1, 0.15) is 18.1 Å². The smallest absolute Gasteiger partial charge is 0.405 e. The fraction of sp³-hybridized carbons (Fsp3) is 0.300. The number of carbonyl (C=O) groups is 2. The molecule has 6 nitrogen and oxygen atoms in total. The minimum Gasteiger partial charge on any atom is -0.441 e. The summed E-state index contributed by atoms with van der Waals surface area (Å²) in [5.74, 6) is -0.363. The van der Waals surface area contributed by atoms with Gasteiger partial charge in [0, 0.05) is 31.9 Å². The van der Waals surface area contributed by atoms with Crippen molar-refractivity contribution in [1.82, 2.24) is 4.90 Å². The number of rotatable bonds is 5. The molecule has 1 saturated heterocycles. The van der Waals surface area contributed by atoms with E-state index in [0.29, 0.717) is 26.2 Å². The predicted molar refractivity (Wildman–Crippen MR) is 99.7 cm³/mol. The van der Waals surface area contributed by atoms with Crippen molar-refractivity contribution in [3.05, 3.63) is 66.0 Å². The van der Waals surface area contributed by atoms with Gasteiger partial charge >= 0.3 is 6.09 Å². The number of nitrogens with zero attached hydrogens (tertiary/aromatic N) is 2. The summed E-state index contributed by atoms with van der Waals surface area (Å²) >= 11 is 0. The summed E-state index contributed by atoms with van der Waals surface area (Å²) in [6.45, 7) is 2.41. The molecular formula is C20H22FN3O3. The molecule has 0 saturated carbocycles. The predicted octanol–water partition coefficient (Wildman–Crippen LogP) is 2.70. The van der Waals surface area contributed by atoms with Crippen LogP contribution in [0.25, 0.3) is 0 Å². The Morgan fingerprint density at radius 3 is 2.22 bits per heavy atom. The summed E-state index contributed by atoms with van der Waals surface area (Å²) in [6.07, 6.45) is -1.56. The van der Waals surface area contributed by atoms with Crippen molar-refractivity contribution in [2.45, 2.75) is 12.5 Å². The van der Waals surface area contributed by atoms with Crippen LogP contribution in [0.4, 0.5) is 14.9 Å². The van der Waals surface area contributed by atoms with Gasteiger partial charge in [-0.25, -0.2) is 9.18 Å². The number of nitrogens with two attached hydrogens (primary N) is 1. The zero-order chi connectivity index (χ0) is 19.2. The van der Waals surface area contributed by atoms with Crippen LogP contribution in [0, 0.1) is 5.82 Å². The molecule has 0 aliphatic carbocycles. The molecule has 2 aromatic carbocycles. The molecule has 0 aromatic heterocycles. The van der Waals surface area contributed by atoms with E-state index in [9.17, 15) is 14.0 Å². The van der Waals surface area contributed by atoms with Crippen LogP contribution in [0.5, 0.6) is 0 Å². The highest BCUT2D eigenvalue weighted by Gasteiger charge is 2.26. The van der Waals surface area contributed by atoms with Gasteiger partial charge in [0.2, 0.25) is 5.91 Å². The normalized spacial score (nSPS) is 15.3. The van der Waals surface area contributed by atoms with E-state index in [-0.39, 0.29) is 18.1 Å². The topological polar surface area (TPSA) is 75.9 Å². The van der Waals surface area contributed by atoms with Crippen LogP contribution >= 0.6 is 0 Å². The van der Waals surface area contributed by atoms with Crippen molar-refractivity contribution >= 4 is 17.7 Å². The van der Waals surface area contributed by atoms with E-state index < -0.39 is 12.2 Å². The van der Waals surface area contributed by atoms with Crippen molar-refractivity contribution in [1.29, 1.82) is 0 Å². The third-order valence-corrected chi connectivity index (χ3v) is 4.61. The number of hydrogen-bond donors (Lipinski definition) is 1. The van der Waals surface area contributed by atoms with Crippen LogP contribution in [0.15, 0.2) is 54.6 Å². The summed E-state index contributed by atoms with van der Waals surface area (Å²) in [6, 6.07) is 15.4. The Morgan fingerprint density at radius 1 is 1.00 bits per heavy atom. The number of piperazine rings is 1. The molecule has 2 amide bonds. The Hall–Kier alpha value is -3.09. The van der Waals surface area contributed by atoms with Crippen molar-refractivity contribution in [2.75, 3.05) is 31.1 Å². The molecule has 0 radical (unpaired) electrons.